The van der Waals surface area contributed by atoms with Crippen LogP contribution in [0.4, 0.5) is 0 Å². The molecule has 0 saturated carbocycles. The number of likely N-dealkylation sites (tertiary alicyclic amines) is 2. The van der Waals surface area contributed by atoms with Crippen molar-refractivity contribution < 1.29 is 28.5 Å². The zero-order valence-electron chi connectivity index (χ0n) is 17.4. The van der Waals surface area contributed by atoms with Gasteiger partial charge in [-0.2, -0.15) is 0 Å². The fraction of sp³-hybridized carbons (Fsp3) is 0.667. The Hall–Kier alpha value is -1.71. The predicted octanol–water partition coefficient (Wildman–Crippen LogP) is 2.74. The van der Waals surface area contributed by atoms with Crippen LogP contribution in [-0.4, -0.2) is 67.4 Å². The Balaban J connectivity index is 1.51. The van der Waals surface area contributed by atoms with E-state index in [4.69, 9.17) is 23.7 Å². The van der Waals surface area contributed by atoms with E-state index in [1.807, 2.05) is 13.8 Å². The Morgan fingerprint density at radius 1 is 1.00 bits per heavy atom. The minimum atomic E-state index is -1.22. The first-order valence-corrected chi connectivity index (χ1v) is 10.3. The van der Waals surface area contributed by atoms with Crippen LogP contribution in [0.5, 0.6) is 5.75 Å². The Morgan fingerprint density at radius 3 is 2.14 bits per heavy atom. The van der Waals surface area contributed by atoms with Crippen LogP contribution in [0.3, 0.4) is 0 Å². The van der Waals surface area contributed by atoms with Crippen molar-refractivity contribution in [2.75, 3.05) is 33.3 Å². The average molecular weight is 406 g/mol. The first-order chi connectivity index (χ1) is 13.9. The van der Waals surface area contributed by atoms with Gasteiger partial charge in [0, 0.05) is 26.2 Å². The van der Waals surface area contributed by atoms with Gasteiger partial charge in [0.1, 0.15) is 5.75 Å². The molecule has 8 heteroatoms. The van der Waals surface area contributed by atoms with Gasteiger partial charge in [0.25, 0.3) is 6.41 Å². The number of ether oxygens (including phenoxy) is 5. The summed E-state index contributed by atoms with van der Waals surface area (Å²) in [5.74, 6) is -0.472. The summed E-state index contributed by atoms with van der Waals surface area (Å²) in [6.45, 7) is 7.23. The summed E-state index contributed by atoms with van der Waals surface area (Å²) >= 11 is 0. The summed E-state index contributed by atoms with van der Waals surface area (Å²) < 4.78 is 29.5. The largest absolute Gasteiger partial charge is 0.465 e. The Kier molecular flexibility index (Phi) is 5.81. The lowest BCUT2D eigenvalue weighted by Crippen LogP contribution is -2.71. The molecule has 29 heavy (non-hydrogen) atoms. The van der Waals surface area contributed by atoms with Crippen molar-refractivity contribution in [3.63, 3.8) is 0 Å². The van der Waals surface area contributed by atoms with Gasteiger partial charge in [-0.15, -0.1) is 0 Å². The molecule has 3 saturated heterocycles. The highest BCUT2D eigenvalue weighted by molar-refractivity contribution is 5.89. The summed E-state index contributed by atoms with van der Waals surface area (Å²) in [5, 5.41) is 0. The van der Waals surface area contributed by atoms with Gasteiger partial charge in [0.05, 0.1) is 12.7 Å². The fourth-order valence-electron chi connectivity index (χ4n) is 4.03. The lowest BCUT2D eigenvalue weighted by atomic mass is 10.2. The van der Waals surface area contributed by atoms with Gasteiger partial charge in [-0.1, -0.05) is 0 Å². The molecule has 3 aliphatic heterocycles. The number of carbonyl (C=O) groups excluding carboxylic acids is 1. The first kappa shape index (κ1) is 20.6. The monoisotopic (exact) mass is 406 g/mol. The molecule has 1 aromatic carbocycles. The van der Waals surface area contributed by atoms with Crippen molar-refractivity contribution in [1.82, 2.24) is 9.80 Å². The van der Waals surface area contributed by atoms with Gasteiger partial charge in [-0.25, -0.2) is 14.6 Å². The highest BCUT2D eigenvalue weighted by atomic mass is 17.0. The molecule has 8 nitrogen and oxygen atoms in total. The molecule has 0 N–H and O–H groups in total. The molecular weight excluding hydrogens is 376 g/mol. The molecule has 3 fully saturated rings. The maximum atomic E-state index is 11.7. The molecule has 4 rings (SSSR count). The maximum absolute atomic E-state index is 11.7. The average Bonchev–Trinajstić information content (AvgIpc) is 3.39. The molecule has 1 aromatic rings. The third-order valence-electron chi connectivity index (χ3n) is 5.44. The topological polar surface area (TPSA) is 69.7 Å². The Bertz CT molecular complexity index is 702. The summed E-state index contributed by atoms with van der Waals surface area (Å²) in [4.78, 5) is 15.9. The third-order valence-corrected chi connectivity index (χ3v) is 5.44. The quantitative estimate of drug-likeness (QED) is 0.506. The first-order valence-electron chi connectivity index (χ1n) is 10.3. The van der Waals surface area contributed by atoms with Crippen molar-refractivity contribution in [2.24, 2.45) is 0 Å². The van der Waals surface area contributed by atoms with Crippen LogP contribution < -0.4 is 4.74 Å². The van der Waals surface area contributed by atoms with Gasteiger partial charge >= 0.3 is 12.1 Å². The van der Waals surface area contributed by atoms with Crippen LogP contribution >= 0.6 is 0 Å². The summed E-state index contributed by atoms with van der Waals surface area (Å²) in [6, 6.07) is 6.84. The van der Waals surface area contributed by atoms with Crippen LogP contribution in [-0.2, 0) is 18.9 Å². The van der Waals surface area contributed by atoms with Crippen molar-refractivity contribution in [1.29, 1.82) is 0 Å². The molecule has 160 valence electrons. The molecule has 1 unspecified atom stereocenters. The summed E-state index contributed by atoms with van der Waals surface area (Å²) in [5.41, 5.74) is 0.472. The normalized spacial score (nSPS) is 24.8. The number of hydrogen-bond acceptors (Lipinski definition) is 8. The van der Waals surface area contributed by atoms with Gasteiger partial charge in [0.15, 0.2) is 5.79 Å². The van der Waals surface area contributed by atoms with Crippen molar-refractivity contribution in [2.45, 2.75) is 57.8 Å². The second-order valence-electron chi connectivity index (χ2n) is 8.12. The van der Waals surface area contributed by atoms with Gasteiger partial charge < -0.3 is 9.47 Å². The minimum Gasteiger partial charge on any atom is -0.465 e. The lowest BCUT2D eigenvalue weighted by Gasteiger charge is -2.55. The van der Waals surface area contributed by atoms with E-state index in [0.717, 1.165) is 51.9 Å². The van der Waals surface area contributed by atoms with E-state index in [1.165, 1.54) is 7.11 Å². The predicted molar refractivity (Wildman–Crippen MR) is 104 cm³/mol. The van der Waals surface area contributed by atoms with Gasteiger partial charge in [0.2, 0.25) is 0 Å². The van der Waals surface area contributed by atoms with Gasteiger partial charge in [-0.3, -0.25) is 14.2 Å². The SMILES string of the molecule is COC(=O)c1ccc(OC(OC2(N3CCCC3)OC(C)(C)O2)N2CCCC2)cc1. The number of nitrogens with zero attached hydrogens (tertiary/aromatic N) is 2. The number of esters is 1. The van der Waals surface area contributed by atoms with Crippen LogP contribution in [0.15, 0.2) is 24.3 Å². The zero-order valence-corrected chi connectivity index (χ0v) is 17.4. The van der Waals surface area contributed by atoms with E-state index < -0.39 is 18.3 Å². The molecule has 0 aromatic heterocycles. The standard InChI is InChI=1S/C21H30N2O6/c1-20(2)28-21(29-20,23-14-6-7-15-23)27-19(22-12-4-5-13-22)26-17-10-8-16(9-11-17)18(24)25-3/h8-11,19H,4-7,12-15H2,1-3H3. The molecule has 0 bridgehead atoms. The molecule has 3 heterocycles. The highest BCUT2D eigenvalue weighted by Crippen LogP contribution is 2.44. The third kappa shape index (κ3) is 4.41. The van der Waals surface area contributed by atoms with Gasteiger partial charge in [-0.05, 0) is 63.8 Å². The smallest absolute Gasteiger partial charge is 0.362 e. The number of rotatable bonds is 7. The lowest BCUT2D eigenvalue weighted by molar-refractivity contribution is -0.632. The minimum absolute atomic E-state index is 0.379. The molecule has 0 radical (unpaired) electrons. The second-order valence-corrected chi connectivity index (χ2v) is 8.12. The number of hydrogen-bond donors (Lipinski definition) is 0. The van der Waals surface area contributed by atoms with E-state index in [2.05, 4.69) is 9.80 Å². The summed E-state index contributed by atoms with van der Waals surface area (Å²) in [6.07, 6.45) is 2.48. The molecular formula is C21H30N2O6. The van der Waals surface area contributed by atoms with E-state index in [0.29, 0.717) is 11.3 Å². The van der Waals surface area contributed by atoms with Crippen LogP contribution in [0, 0.1) is 0 Å². The maximum Gasteiger partial charge on any atom is 0.362 e. The highest BCUT2D eigenvalue weighted by Gasteiger charge is 2.60. The number of benzene rings is 1. The number of carbonyl (C=O) groups is 1. The molecule has 0 spiro atoms. The second kappa shape index (κ2) is 8.20. The molecule has 1 atom stereocenters. The van der Waals surface area contributed by atoms with E-state index in [1.54, 1.807) is 24.3 Å². The number of methoxy groups -OCH3 is 1. The Labute approximate surface area is 171 Å². The molecule has 0 aliphatic carbocycles. The Morgan fingerprint density at radius 2 is 1.59 bits per heavy atom. The van der Waals surface area contributed by atoms with Crippen molar-refractivity contribution >= 4 is 5.97 Å². The van der Waals surface area contributed by atoms with E-state index in [9.17, 15) is 4.79 Å². The van der Waals surface area contributed by atoms with Crippen LogP contribution in [0.2, 0.25) is 0 Å². The molecule has 3 aliphatic rings. The van der Waals surface area contributed by atoms with Crippen molar-refractivity contribution in [3.05, 3.63) is 29.8 Å². The molecule has 0 amide bonds. The van der Waals surface area contributed by atoms with Crippen LogP contribution in [0.1, 0.15) is 49.9 Å². The summed E-state index contributed by atoms with van der Waals surface area (Å²) in [7, 11) is 1.36. The van der Waals surface area contributed by atoms with E-state index in [-0.39, 0.29) is 5.97 Å². The van der Waals surface area contributed by atoms with Crippen LogP contribution in [0.25, 0.3) is 0 Å². The fourth-order valence-corrected chi connectivity index (χ4v) is 4.03. The van der Waals surface area contributed by atoms with E-state index >= 15 is 0 Å². The zero-order chi connectivity index (χ0) is 20.5. The van der Waals surface area contributed by atoms with Crippen molar-refractivity contribution in [3.8, 4) is 5.75 Å².